The number of nitrogens with zero attached hydrogens (tertiary/aromatic N) is 4. The van der Waals surface area contributed by atoms with Crippen molar-refractivity contribution in [1.29, 1.82) is 0 Å². The zero-order chi connectivity index (χ0) is 27.9. The maximum Gasteiger partial charge on any atom is 0.256 e. The minimum atomic E-state index is -0.724. The van der Waals surface area contributed by atoms with Crippen LogP contribution >= 0.6 is 23.8 Å². The van der Waals surface area contributed by atoms with Crippen LogP contribution in [0.4, 0.5) is 11.4 Å². The van der Waals surface area contributed by atoms with E-state index in [0.29, 0.717) is 40.4 Å². The zero-order valence-electron chi connectivity index (χ0n) is 22.7. The van der Waals surface area contributed by atoms with Gasteiger partial charge in [-0.05, 0) is 68.2 Å². The molecule has 1 N–H and O–H groups in total. The Bertz CT molecular complexity index is 1170. The van der Waals surface area contributed by atoms with Gasteiger partial charge >= 0.3 is 0 Å². The van der Waals surface area contributed by atoms with Crippen LogP contribution in [0.3, 0.4) is 0 Å². The van der Waals surface area contributed by atoms with Gasteiger partial charge in [0.25, 0.3) is 5.91 Å². The standard InChI is InChI=1S/C28H36ClN5O4S/c1-4-17-38-22-8-5-20(6-9-22)30-26(35)19-24-27(36)34(21-7-10-25(37-3)23(29)18-21)28(39)33(24)16-15-32-13-11-31(2)12-14-32/h5-10,18,24H,4,11-17,19H2,1-3H3,(H,30,35)/t24-/m0/s1. The van der Waals surface area contributed by atoms with Crippen LogP contribution in [0.25, 0.3) is 0 Å². The number of anilines is 2. The molecule has 0 unspecified atom stereocenters. The Morgan fingerprint density at radius 2 is 1.82 bits per heavy atom. The molecule has 2 heterocycles. The molecule has 2 aromatic carbocycles. The molecule has 0 radical (unpaired) electrons. The van der Waals surface area contributed by atoms with E-state index in [9.17, 15) is 9.59 Å². The largest absolute Gasteiger partial charge is 0.495 e. The van der Waals surface area contributed by atoms with Crippen LogP contribution in [0.2, 0.25) is 5.02 Å². The number of methoxy groups -OCH3 is 1. The summed E-state index contributed by atoms with van der Waals surface area (Å²) in [5.74, 6) is 0.734. The van der Waals surface area contributed by atoms with Crippen molar-refractivity contribution < 1.29 is 19.1 Å². The lowest BCUT2D eigenvalue weighted by Gasteiger charge is -2.34. The smallest absolute Gasteiger partial charge is 0.256 e. The number of hydrogen-bond donors (Lipinski definition) is 1. The van der Waals surface area contributed by atoms with Crippen LogP contribution in [-0.4, -0.2) is 97.7 Å². The predicted molar refractivity (Wildman–Crippen MR) is 158 cm³/mol. The molecule has 4 rings (SSSR count). The van der Waals surface area contributed by atoms with Gasteiger partial charge < -0.3 is 24.6 Å². The Labute approximate surface area is 240 Å². The van der Waals surface area contributed by atoms with E-state index in [4.69, 9.17) is 33.3 Å². The van der Waals surface area contributed by atoms with E-state index in [-0.39, 0.29) is 18.2 Å². The van der Waals surface area contributed by atoms with Crippen molar-refractivity contribution >= 4 is 52.1 Å². The number of carbonyl (C=O) groups is 2. The molecule has 2 aromatic rings. The minimum Gasteiger partial charge on any atom is -0.495 e. The number of benzene rings is 2. The number of ether oxygens (including phenoxy) is 2. The number of likely N-dealkylation sites (N-methyl/N-ethyl adjacent to an activating group) is 1. The Balaban J connectivity index is 1.49. The first-order valence-corrected chi connectivity index (χ1v) is 14.0. The van der Waals surface area contributed by atoms with E-state index in [2.05, 4.69) is 22.2 Å². The second kappa shape index (κ2) is 13.4. The Morgan fingerprint density at radius 1 is 1.10 bits per heavy atom. The summed E-state index contributed by atoms with van der Waals surface area (Å²) in [5.41, 5.74) is 1.19. The fraction of sp³-hybridized carbons (Fsp3) is 0.464. The average Bonchev–Trinajstić information content (AvgIpc) is 3.16. The molecule has 210 valence electrons. The van der Waals surface area contributed by atoms with E-state index >= 15 is 0 Å². The lowest BCUT2D eigenvalue weighted by Crippen LogP contribution is -2.48. The lowest BCUT2D eigenvalue weighted by molar-refractivity contribution is -0.124. The SMILES string of the molecule is CCCOc1ccc(NC(=O)C[C@H]2C(=O)N(c3ccc(OC)c(Cl)c3)C(=S)N2CCN2CCN(C)CC2)cc1. The second-order valence-corrected chi connectivity index (χ2v) is 10.5. The first-order valence-electron chi connectivity index (χ1n) is 13.2. The summed E-state index contributed by atoms with van der Waals surface area (Å²) in [4.78, 5) is 34.8. The maximum absolute atomic E-state index is 13.7. The third-order valence-corrected chi connectivity index (χ3v) is 7.67. The Kier molecular flexibility index (Phi) is 10.0. The van der Waals surface area contributed by atoms with Crippen LogP contribution in [0.5, 0.6) is 11.5 Å². The van der Waals surface area contributed by atoms with Gasteiger partial charge in [0.2, 0.25) is 5.91 Å². The monoisotopic (exact) mass is 573 g/mol. The van der Waals surface area contributed by atoms with Crippen molar-refractivity contribution in [2.75, 3.05) is 70.2 Å². The summed E-state index contributed by atoms with van der Waals surface area (Å²) >= 11 is 12.2. The summed E-state index contributed by atoms with van der Waals surface area (Å²) in [5, 5.41) is 3.65. The summed E-state index contributed by atoms with van der Waals surface area (Å²) in [7, 11) is 3.65. The van der Waals surface area contributed by atoms with Crippen LogP contribution < -0.4 is 19.7 Å². The Hall–Kier alpha value is -2.92. The van der Waals surface area contributed by atoms with Crippen LogP contribution in [0.1, 0.15) is 19.8 Å². The summed E-state index contributed by atoms with van der Waals surface area (Å²) < 4.78 is 10.9. The molecule has 0 spiro atoms. The molecule has 39 heavy (non-hydrogen) atoms. The molecule has 0 aromatic heterocycles. The van der Waals surface area contributed by atoms with E-state index in [1.807, 2.05) is 24.0 Å². The van der Waals surface area contributed by atoms with Gasteiger partial charge in [-0.15, -0.1) is 0 Å². The molecule has 2 saturated heterocycles. The zero-order valence-corrected chi connectivity index (χ0v) is 24.3. The lowest BCUT2D eigenvalue weighted by atomic mass is 10.1. The number of thiocarbonyl (C=S) groups is 1. The molecule has 2 aliphatic rings. The molecule has 0 saturated carbocycles. The fourth-order valence-electron chi connectivity index (χ4n) is 4.68. The Morgan fingerprint density at radius 3 is 2.46 bits per heavy atom. The van der Waals surface area contributed by atoms with Gasteiger partial charge in [0.1, 0.15) is 17.5 Å². The van der Waals surface area contributed by atoms with E-state index < -0.39 is 6.04 Å². The van der Waals surface area contributed by atoms with E-state index in [1.165, 1.54) is 12.0 Å². The van der Waals surface area contributed by atoms with Gasteiger partial charge in [0.05, 0.1) is 30.8 Å². The van der Waals surface area contributed by atoms with Gasteiger partial charge in [0, 0.05) is 45.0 Å². The fourth-order valence-corrected chi connectivity index (χ4v) is 5.35. The number of amides is 2. The van der Waals surface area contributed by atoms with E-state index in [0.717, 1.165) is 44.9 Å². The van der Waals surface area contributed by atoms with Crippen LogP contribution in [-0.2, 0) is 9.59 Å². The molecule has 9 nitrogen and oxygen atoms in total. The number of halogens is 1. The van der Waals surface area contributed by atoms with Crippen molar-refractivity contribution in [3.63, 3.8) is 0 Å². The van der Waals surface area contributed by atoms with Crippen LogP contribution in [0.15, 0.2) is 42.5 Å². The highest BCUT2D eigenvalue weighted by Crippen LogP contribution is 2.33. The average molecular weight is 574 g/mol. The second-order valence-electron chi connectivity index (χ2n) is 9.75. The third-order valence-electron chi connectivity index (χ3n) is 6.95. The highest BCUT2D eigenvalue weighted by molar-refractivity contribution is 7.80. The first-order chi connectivity index (χ1) is 18.8. The number of hydrogen-bond acceptors (Lipinski definition) is 7. The molecular formula is C28H36ClN5O4S. The molecule has 1 atom stereocenters. The number of piperazine rings is 1. The van der Waals surface area contributed by atoms with Crippen molar-refractivity contribution in [2.45, 2.75) is 25.8 Å². The molecule has 0 aliphatic carbocycles. The van der Waals surface area contributed by atoms with Gasteiger partial charge in [-0.25, -0.2) is 0 Å². The highest BCUT2D eigenvalue weighted by Gasteiger charge is 2.44. The van der Waals surface area contributed by atoms with Gasteiger partial charge in [0.15, 0.2) is 5.11 Å². The quantitative estimate of drug-likeness (QED) is 0.408. The molecule has 2 aliphatic heterocycles. The first kappa shape index (κ1) is 29.1. The van der Waals surface area contributed by atoms with Gasteiger partial charge in [-0.1, -0.05) is 18.5 Å². The summed E-state index contributed by atoms with van der Waals surface area (Å²) in [6.07, 6.45) is 0.886. The minimum absolute atomic E-state index is 0.0316. The normalized spacial score (nSPS) is 18.5. The van der Waals surface area contributed by atoms with Crippen molar-refractivity contribution in [1.82, 2.24) is 14.7 Å². The summed E-state index contributed by atoms with van der Waals surface area (Å²) in [6, 6.07) is 11.6. The van der Waals surface area contributed by atoms with Gasteiger partial charge in [-0.2, -0.15) is 0 Å². The molecule has 11 heteroatoms. The summed E-state index contributed by atoms with van der Waals surface area (Å²) in [6.45, 7) is 7.85. The van der Waals surface area contributed by atoms with E-state index in [1.54, 1.807) is 30.3 Å². The van der Waals surface area contributed by atoms with Crippen molar-refractivity contribution in [2.24, 2.45) is 0 Å². The number of rotatable bonds is 11. The maximum atomic E-state index is 13.7. The molecule has 0 bridgehead atoms. The molecule has 2 fully saturated rings. The molecule has 2 amide bonds. The predicted octanol–water partition coefficient (Wildman–Crippen LogP) is 3.72. The highest BCUT2D eigenvalue weighted by atomic mass is 35.5. The van der Waals surface area contributed by atoms with Crippen molar-refractivity contribution in [3.8, 4) is 11.5 Å². The van der Waals surface area contributed by atoms with Crippen LogP contribution in [0, 0.1) is 0 Å². The third kappa shape index (κ3) is 7.19. The number of carbonyl (C=O) groups excluding carboxylic acids is 2. The number of nitrogens with one attached hydrogen (secondary N) is 1. The molecular weight excluding hydrogens is 538 g/mol. The van der Waals surface area contributed by atoms with Crippen molar-refractivity contribution in [3.05, 3.63) is 47.5 Å². The topological polar surface area (TPSA) is 77.6 Å². The van der Waals surface area contributed by atoms with Gasteiger partial charge in [-0.3, -0.25) is 19.4 Å².